The van der Waals surface area contributed by atoms with E-state index < -0.39 is 0 Å². The van der Waals surface area contributed by atoms with E-state index in [4.69, 9.17) is 9.26 Å². The molecule has 24 heavy (non-hydrogen) atoms. The highest BCUT2D eigenvalue weighted by atomic mass is 35.5. The number of aryl methyl sites for hydroxylation is 1. The van der Waals surface area contributed by atoms with Gasteiger partial charge in [0.15, 0.2) is 5.82 Å². The quantitative estimate of drug-likeness (QED) is 0.862. The molecule has 6 nitrogen and oxygen atoms in total. The van der Waals surface area contributed by atoms with Gasteiger partial charge < -0.3 is 14.6 Å². The van der Waals surface area contributed by atoms with E-state index in [-0.39, 0.29) is 18.4 Å². The van der Waals surface area contributed by atoms with Crippen molar-refractivity contribution in [1.82, 2.24) is 20.4 Å². The van der Waals surface area contributed by atoms with Crippen LogP contribution >= 0.6 is 12.4 Å². The van der Waals surface area contributed by atoms with Gasteiger partial charge in [-0.3, -0.25) is 4.90 Å². The number of halogens is 1. The monoisotopic (exact) mass is 352 g/mol. The van der Waals surface area contributed by atoms with E-state index in [1.807, 2.05) is 12.1 Å². The molecule has 1 unspecified atom stereocenters. The van der Waals surface area contributed by atoms with Crippen molar-refractivity contribution in [2.45, 2.75) is 32.4 Å². The summed E-state index contributed by atoms with van der Waals surface area (Å²) in [6.45, 7) is 5.57. The number of rotatable bonds is 6. The number of methoxy groups -OCH3 is 1. The van der Waals surface area contributed by atoms with Crippen LogP contribution in [0.5, 0.6) is 5.75 Å². The third-order valence-electron chi connectivity index (χ3n) is 4.17. The summed E-state index contributed by atoms with van der Waals surface area (Å²) in [5.74, 6) is 2.41. The Balaban J connectivity index is 0.00000208. The number of nitrogens with one attached hydrogen (secondary N) is 1. The first-order valence-electron chi connectivity index (χ1n) is 8.21. The molecular formula is C17H25ClN4O2. The van der Waals surface area contributed by atoms with Gasteiger partial charge in [-0.05, 0) is 12.5 Å². The minimum atomic E-state index is 0. The number of hydrogen-bond donors (Lipinski definition) is 1. The first kappa shape index (κ1) is 18.7. The van der Waals surface area contributed by atoms with Gasteiger partial charge in [0.05, 0.1) is 19.7 Å². The molecule has 7 heteroatoms. The summed E-state index contributed by atoms with van der Waals surface area (Å²) in [7, 11) is 1.72. The average Bonchev–Trinajstić information content (AvgIpc) is 3.03. The minimum Gasteiger partial charge on any atom is -0.496 e. The number of benzene rings is 1. The average molecular weight is 353 g/mol. The van der Waals surface area contributed by atoms with E-state index in [2.05, 4.69) is 39.4 Å². The van der Waals surface area contributed by atoms with Gasteiger partial charge in [0.2, 0.25) is 5.89 Å². The van der Waals surface area contributed by atoms with Crippen molar-refractivity contribution in [2.75, 3.05) is 26.7 Å². The Morgan fingerprint density at radius 1 is 1.38 bits per heavy atom. The Labute approximate surface area is 149 Å². The Bertz CT molecular complexity index is 635. The maximum atomic E-state index is 5.53. The van der Waals surface area contributed by atoms with Crippen molar-refractivity contribution < 1.29 is 9.26 Å². The number of hydrogen-bond acceptors (Lipinski definition) is 6. The van der Waals surface area contributed by atoms with Crippen LogP contribution in [0.4, 0.5) is 0 Å². The fourth-order valence-electron chi connectivity index (χ4n) is 3.04. The normalized spacial score (nSPS) is 18.2. The predicted octanol–water partition coefficient (Wildman–Crippen LogP) is 2.60. The van der Waals surface area contributed by atoms with Gasteiger partial charge >= 0.3 is 0 Å². The van der Waals surface area contributed by atoms with Crippen molar-refractivity contribution in [1.29, 1.82) is 0 Å². The number of ether oxygens (including phenoxy) is 1. The summed E-state index contributed by atoms with van der Waals surface area (Å²) >= 11 is 0. The summed E-state index contributed by atoms with van der Waals surface area (Å²) in [5.41, 5.74) is 1.19. The summed E-state index contributed by atoms with van der Waals surface area (Å²) in [6.07, 6.45) is 1.89. The van der Waals surface area contributed by atoms with E-state index in [0.29, 0.717) is 12.4 Å². The standard InChI is InChI=1S/C17H24N4O2.ClH/c1-3-6-16-19-17(23-20-16)12-21-10-9-18-11-14(21)13-7-4-5-8-15(13)22-2;/h4-5,7-8,14,18H,3,6,9-12H2,1-2H3;1H. The first-order chi connectivity index (χ1) is 11.3. The summed E-state index contributed by atoms with van der Waals surface area (Å²) in [6, 6.07) is 8.42. The van der Waals surface area contributed by atoms with Crippen LogP contribution in [0.25, 0.3) is 0 Å². The lowest BCUT2D eigenvalue weighted by atomic mass is 10.0. The number of nitrogens with zero attached hydrogens (tertiary/aromatic N) is 3. The summed E-state index contributed by atoms with van der Waals surface area (Å²) < 4.78 is 10.9. The molecule has 3 rings (SSSR count). The predicted molar refractivity (Wildman–Crippen MR) is 94.6 cm³/mol. The lowest BCUT2D eigenvalue weighted by Gasteiger charge is -2.36. The molecule has 0 radical (unpaired) electrons. The largest absolute Gasteiger partial charge is 0.496 e. The molecule has 0 bridgehead atoms. The van der Waals surface area contributed by atoms with E-state index >= 15 is 0 Å². The van der Waals surface area contributed by atoms with Crippen LogP contribution in [0.15, 0.2) is 28.8 Å². The lowest BCUT2D eigenvalue weighted by molar-refractivity contribution is 0.133. The second kappa shape index (κ2) is 9.01. The molecule has 1 N–H and O–H groups in total. The second-order valence-corrected chi connectivity index (χ2v) is 5.79. The molecule has 0 spiro atoms. The molecule has 0 aliphatic carbocycles. The third kappa shape index (κ3) is 4.26. The SMILES string of the molecule is CCCc1noc(CN2CCNCC2c2ccccc2OC)n1.Cl. The van der Waals surface area contributed by atoms with Gasteiger partial charge in [0.25, 0.3) is 0 Å². The number of piperazine rings is 1. The molecule has 1 aromatic heterocycles. The van der Waals surface area contributed by atoms with Gasteiger partial charge in [0, 0.05) is 31.6 Å². The molecule has 1 aromatic carbocycles. The zero-order chi connectivity index (χ0) is 16.1. The molecule has 1 aliphatic rings. The Morgan fingerprint density at radius 3 is 3.00 bits per heavy atom. The van der Waals surface area contributed by atoms with Crippen molar-refractivity contribution in [2.24, 2.45) is 0 Å². The third-order valence-corrected chi connectivity index (χ3v) is 4.17. The highest BCUT2D eigenvalue weighted by Gasteiger charge is 2.27. The molecule has 132 valence electrons. The fraction of sp³-hybridized carbons (Fsp3) is 0.529. The molecule has 1 saturated heterocycles. The topological polar surface area (TPSA) is 63.4 Å². The van der Waals surface area contributed by atoms with Crippen LogP contribution in [0.1, 0.15) is 36.7 Å². The number of para-hydroxylation sites is 1. The lowest BCUT2D eigenvalue weighted by Crippen LogP contribution is -2.45. The highest BCUT2D eigenvalue weighted by Crippen LogP contribution is 2.30. The number of aromatic nitrogens is 2. The maximum absolute atomic E-state index is 5.53. The minimum absolute atomic E-state index is 0. The Kier molecular flexibility index (Phi) is 7.02. The summed E-state index contributed by atoms with van der Waals surface area (Å²) in [5, 5.41) is 7.51. The summed E-state index contributed by atoms with van der Waals surface area (Å²) in [4.78, 5) is 6.87. The van der Waals surface area contributed by atoms with E-state index in [1.54, 1.807) is 7.11 Å². The molecule has 0 saturated carbocycles. The van der Waals surface area contributed by atoms with E-state index in [0.717, 1.165) is 44.0 Å². The van der Waals surface area contributed by atoms with Gasteiger partial charge in [-0.2, -0.15) is 4.98 Å². The Morgan fingerprint density at radius 2 is 2.21 bits per heavy atom. The molecule has 2 heterocycles. The molecular weight excluding hydrogens is 328 g/mol. The van der Waals surface area contributed by atoms with Crippen molar-refractivity contribution in [3.63, 3.8) is 0 Å². The zero-order valence-electron chi connectivity index (χ0n) is 14.2. The second-order valence-electron chi connectivity index (χ2n) is 5.79. The maximum Gasteiger partial charge on any atom is 0.240 e. The van der Waals surface area contributed by atoms with Crippen molar-refractivity contribution in [3.05, 3.63) is 41.5 Å². The van der Waals surface area contributed by atoms with Gasteiger partial charge in [-0.1, -0.05) is 30.3 Å². The Hall–Kier alpha value is -1.63. The van der Waals surface area contributed by atoms with Gasteiger partial charge in [0.1, 0.15) is 5.75 Å². The van der Waals surface area contributed by atoms with Crippen LogP contribution in [0.2, 0.25) is 0 Å². The van der Waals surface area contributed by atoms with Crippen LogP contribution in [-0.2, 0) is 13.0 Å². The van der Waals surface area contributed by atoms with E-state index in [9.17, 15) is 0 Å². The first-order valence-corrected chi connectivity index (χ1v) is 8.21. The van der Waals surface area contributed by atoms with Crippen LogP contribution < -0.4 is 10.1 Å². The van der Waals surface area contributed by atoms with Crippen LogP contribution in [0.3, 0.4) is 0 Å². The molecule has 1 aliphatic heterocycles. The van der Waals surface area contributed by atoms with Gasteiger partial charge in [-0.15, -0.1) is 12.4 Å². The van der Waals surface area contributed by atoms with Crippen molar-refractivity contribution >= 4 is 12.4 Å². The smallest absolute Gasteiger partial charge is 0.240 e. The molecule has 0 amide bonds. The van der Waals surface area contributed by atoms with Crippen molar-refractivity contribution in [3.8, 4) is 5.75 Å². The van der Waals surface area contributed by atoms with E-state index in [1.165, 1.54) is 5.56 Å². The van der Waals surface area contributed by atoms with Crippen LogP contribution in [-0.4, -0.2) is 41.8 Å². The molecule has 2 aromatic rings. The highest BCUT2D eigenvalue weighted by molar-refractivity contribution is 5.85. The fourth-order valence-corrected chi connectivity index (χ4v) is 3.04. The molecule has 1 atom stereocenters. The van der Waals surface area contributed by atoms with Crippen LogP contribution in [0, 0.1) is 0 Å². The molecule has 1 fully saturated rings. The zero-order valence-corrected chi connectivity index (χ0v) is 15.0. The van der Waals surface area contributed by atoms with Gasteiger partial charge in [-0.25, -0.2) is 0 Å².